The van der Waals surface area contributed by atoms with E-state index in [1.54, 1.807) is 13.0 Å². The standard InChI is InChI=1S/C12H22N2O2/c1-3-4-8-16-10(2)12(15)14-7-5-6-11(14)9-13/h3,10-11H,1,4-9,13H2,2H3. The van der Waals surface area contributed by atoms with Gasteiger partial charge in [-0.05, 0) is 26.2 Å². The fourth-order valence-corrected chi connectivity index (χ4v) is 2.00. The summed E-state index contributed by atoms with van der Waals surface area (Å²) in [6.45, 7) is 7.33. The number of nitrogens with zero attached hydrogens (tertiary/aromatic N) is 1. The van der Waals surface area contributed by atoms with Gasteiger partial charge in [-0.3, -0.25) is 4.79 Å². The third-order valence-electron chi connectivity index (χ3n) is 2.97. The Balaban J connectivity index is 2.39. The Bertz CT molecular complexity index is 243. The molecule has 1 heterocycles. The van der Waals surface area contributed by atoms with Crippen molar-refractivity contribution in [1.29, 1.82) is 0 Å². The monoisotopic (exact) mass is 226 g/mol. The highest BCUT2D eigenvalue weighted by molar-refractivity contribution is 5.81. The first-order chi connectivity index (χ1) is 7.70. The molecule has 2 unspecified atom stereocenters. The average molecular weight is 226 g/mol. The van der Waals surface area contributed by atoms with Gasteiger partial charge in [0.05, 0.1) is 6.61 Å². The third kappa shape index (κ3) is 3.32. The molecule has 0 aromatic carbocycles. The zero-order valence-corrected chi connectivity index (χ0v) is 10.0. The van der Waals surface area contributed by atoms with Gasteiger partial charge in [-0.2, -0.15) is 0 Å². The maximum absolute atomic E-state index is 12.0. The number of carbonyl (C=O) groups is 1. The molecule has 0 aliphatic carbocycles. The van der Waals surface area contributed by atoms with Crippen LogP contribution in [-0.4, -0.2) is 42.6 Å². The van der Waals surface area contributed by atoms with Gasteiger partial charge in [-0.1, -0.05) is 6.08 Å². The number of hydrogen-bond donors (Lipinski definition) is 1. The number of likely N-dealkylation sites (tertiary alicyclic amines) is 1. The zero-order valence-electron chi connectivity index (χ0n) is 10.0. The van der Waals surface area contributed by atoms with Gasteiger partial charge >= 0.3 is 0 Å². The number of nitrogens with two attached hydrogens (primary N) is 1. The quantitative estimate of drug-likeness (QED) is 0.541. The van der Waals surface area contributed by atoms with E-state index in [9.17, 15) is 4.79 Å². The SMILES string of the molecule is C=CCCOC(C)C(=O)N1CCCC1CN. The molecule has 0 aromatic rings. The minimum Gasteiger partial charge on any atom is -0.368 e. The van der Waals surface area contributed by atoms with Crippen molar-refractivity contribution >= 4 is 5.91 Å². The molecule has 92 valence electrons. The second kappa shape index (κ2) is 6.66. The van der Waals surface area contributed by atoms with Gasteiger partial charge in [-0.15, -0.1) is 6.58 Å². The largest absolute Gasteiger partial charge is 0.368 e. The molecular weight excluding hydrogens is 204 g/mol. The highest BCUT2D eigenvalue weighted by Gasteiger charge is 2.30. The normalized spacial score (nSPS) is 22.1. The van der Waals surface area contributed by atoms with Crippen molar-refractivity contribution < 1.29 is 9.53 Å². The minimum atomic E-state index is -0.368. The van der Waals surface area contributed by atoms with E-state index in [1.165, 1.54) is 0 Å². The van der Waals surface area contributed by atoms with E-state index in [1.807, 2.05) is 4.90 Å². The fourth-order valence-electron chi connectivity index (χ4n) is 2.00. The molecule has 1 saturated heterocycles. The maximum atomic E-state index is 12.0. The van der Waals surface area contributed by atoms with Crippen molar-refractivity contribution in [3.63, 3.8) is 0 Å². The fraction of sp³-hybridized carbons (Fsp3) is 0.750. The number of ether oxygens (including phenoxy) is 1. The van der Waals surface area contributed by atoms with E-state index in [4.69, 9.17) is 10.5 Å². The third-order valence-corrected chi connectivity index (χ3v) is 2.97. The van der Waals surface area contributed by atoms with Crippen LogP contribution in [0.3, 0.4) is 0 Å². The number of amides is 1. The van der Waals surface area contributed by atoms with Crippen molar-refractivity contribution in [3.05, 3.63) is 12.7 Å². The van der Waals surface area contributed by atoms with Gasteiger partial charge in [0.1, 0.15) is 6.10 Å². The lowest BCUT2D eigenvalue weighted by molar-refractivity contribution is -0.143. The highest BCUT2D eigenvalue weighted by atomic mass is 16.5. The summed E-state index contributed by atoms with van der Waals surface area (Å²) in [7, 11) is 0. The Kier molecular flexibility index (Phi) is 5.49. The summed E-state index contributed by atoms with van der Waals surface area (Å²) in [4.78, 5) is 13.9. The van der Waals surface area contributed by atoms with E-state index >= 15 is 0 Å². The minimum absolute atomic E-state index is 0.0667. The van der Waals surface area contributed by atoms with Crippen molar-refractivity contribution in [1.82, 2.24) is 4.90 Å². The molecular formula is C12H22N2O2. The molecule has 1 fully saturated rings. The Labute approximate surface area is 97.4 Å². The van der Waals surface area contributed by atoms with E-state index in [0.717, 1.165) is 25.8 Å². The van der Waals surface area contributed by atoms with Gasteiger partial charge in [-0.25, -0.2) is 0 Å². The van der Waals surface area contributed by atoms with Crippen LogP contribution < -0.4 is 5.73 Å². The lowest BCUT2D eigenvalue weighted by Gasteiger charge is -2.26. The molecule has 4 nitrogen and oxygen atoms in total. The van der Waals surface area contributed by atoms with Gasteiger partial charge < -0.3 is 15.4 Å². The molecule has 1 amide bonds. The highest BCUT2D eigenvalue weighted by Crippen LogP contribution is 2.17. The molecule has 0 aromatic heterocycles. The van der Waals surface area contributed by atoms with Crippen molar-refractivity contribution in [2.75, 3.05) is 19.7 Å². The number of carbonyl (C=O) groups excluding carboxylic acids is 1. The molecule has 0 radical (unpaired) electrons. The van der Waals surface area contributed by atoms with Gasteiger partial charge in [0.15, 0.2) is 0 Å². The van der Waals surface area contributed by atoms with Gasteiger partial charge in [0, 0.05) is 19.1 Å². The Morgan fingerprint density at radius 2 is 2.50 bits per heavy atom. The van der Waals surface area contributed by atoms with Crippen molar-refractivity contribution in [2.24, 2.45) is 5.73 Å². The molecule has 4 heteroatoms. The molecule has 16 heavy (non-hydrogen) atoms. The number of hydrogen-bond acceptors (Lipinski definition) is 3. The molecule has 1 aliphatic rings. The molecule has 2 N–H and O–H groups in total. The Hall–Kier alpha value is -0.870. The molecule has 0 bridgehead atoms. The van der Waals surface area contributed by atoms with E-state index in [0.29, 0.717) is 13.2 Å². The second-order valence-electron chi connectivity index (χ2n) is 4.15. The average Bonchev–Trinajstić information content (AvgIpc) is 2.76. The maximum Gasteiger partial charge on any atom is 0.251 e. The van der Waals surface area contributed by atoms with Crippen LogP contribution in [0.25, 0.3) is 0 Å². The van der Waals surface area contributed by atoms with Gasteiger partial charge in [0.25, 0.3) is 5.91 Å². The van der Waals surface area contributed by atoms with Crippen LogP contribution in [0, 0.1) is 0 Å². The predicted octanol–water partition coefficient (Wildman–Crippen LogP) is 0.917. The first-order valence-corrected chi connectivity index (χ1v) is 5.93. The smallest absolute Gasteiger partial charge is 0.251 e. The van der Waals surface area contributed by atoms with Crippen LogP contribution in [-0.2, 0) is 9.53 Å². The first-order valence-electron chi connectivity index (χ1n) is 5.93. The molecule has 0 spiro atoms. The predicted molar refractivity (Wildman–Crippen MR) is 64.0 cm³/mol. The van der Waals surface area contributed by atoms with Crippen LogP contribution in [0.2, 0.25) is 0 Å². The van der Waals surface area contributed by atoms with Crippen LogP contribution in [0.4, 0.5) is 0 Å². The summed E-state index contributed by atoms with van der Waals surface area (Å²) in [6, 6.07) is 0.206. The van der Waals surface area contributed by atoms with Gasteiger partial charge in [0.2, 0.25) is 0 Å². The van der Waals surface area contributed by atoms with E-state index in [2.05, 4.69) is 6.58 Å². The van der Waals surface area contributed by atoms with Crippen molar-refractivity contribution in [3.8, 4) is 0 Å². The summed E-state index contributed by atoms with van der Waals surface area (Å²) < 4.78 is 5.45. The zero-order chi connectivity index (χ0) is 12.0. The molecule has 1 rings (SSSR count). The molecule has 1 aliphatic heterocycles. The van der Waals surface area contributed by atoms with Crippen molar-refractivity contribution in [2.45, 2.75) is 38.3 Å². The topological polar surface area (TPSA) is 55.6 Å². The van der Waals surface area contributed by atoms with Crippen LogP contribution in [0.5, 0.6) is 0 Å². The summed E-state index contributed by atoms with van der Waals surface area (Å²) in [5.74, 6) is 0.0667. The lowest BCUT2D eigenvalue weighted by atomic mass is 10.2. The van der Waals surface area contributed by atoms with Crippen LogP contribution >= 0.6 is 0 Å². The van der Waals surface area contributed by atoms with E-state index < -0.39 is 0 Å². The van der Waals surface area contributed by atoms with E-state index in [-0.39, 0.29) is 18.1 Å². The summed E-state index contributed by atoms with van der Waals surface area (Å²) in [5.41, 5.74) is 5.64. The Morgan fingerprint density at radius 3 is 3.12 bits per heavy atom. The molecule has 2 atom stereocenters. The summed E-state index contributed by atoms with van der Waals surface area (Å²) in [6.07, 6.45) is 4.26. The number of rotatable bonds is 6. The summed E-state index contributed by atoms with van der Waals surface area (Å²) in [5, 5.41) is 0. The van der Waals surface area contributed by atoms with Crippen LogP contribution in [0.15, 0.2) is 12.7 Å². The Morgan fingerprint density at radius 1 is 1.75 bits per heavy atom. The first kappa shape index (κ1) is 13.2. The second-order valence-corrected chi connectivity index (χ2v) is 4.15. The summed E-state index contributed by atoms with van der Waals surface area (Å²) >= 11 is 0. The molecule has 0 saturated carbocycles. The van der Waals surface area contributed by atoms with Crippen LogP contribution in [0.1, 0.15) is 26.2 Å². The lowest BCUT2D eigenvalue weighted by Crippen LogP contribution is -2.45.